The minimum atomic E-state index is -2.87. The van der Waals surface area contributed by atoms with Gasteiger partial charge >= 0.3 is 0 Å². The van der Waals surface area contributed by atoms with Gasteiger partial charge in [-0.15, -0.1) is 0 Å². The number of aromatic nitrogens is 5. The van der Waals surface area contributed by atoms with Crippen molar-refractivity contribution in [1.82, 2.24) is 24.7 Å². The molecule has 1 saturated heterocycles. The lowest BCUT2D eigenvalue weighted by Gasteiger charge is -2.26. The van der Waals surface area contributed by atoms with Crippen LogP contribution in [0.25, 0.3) is 33.2 Å². The second-order valence-corrected chi connectivity index (χ2v) is 12.6. The van der Waals surface area contributed by atoms with E-state index in [1.807, 2.05) is 16.8 Å². The highest BCUT2D eigenvalue weighted by Gasteiger charge is 2.25. The smallest absolute Gasteiger partial charge is 0.272 e. The normalized spacial score (nSPS) is 14.2. The number of H-pyrrole nitrogens is 1. The molecule has 4 heterocycles. The standard InChI is InChI=1S/C27H30N8O4S.C2H4O2/c1-39-22-13-15(24-23-25(28)30-14-31-26(23)35(34-24)17-7-9-29-10-8-17)3-5-20(22)33-27(36)21-12-16-11-18(40(2,37)38)4-6-19(16)32-21;1-2(3)4/h3-6,11-14,17,29,32,37-38H,7-10H2,1-2H3,(H,33,36)(H2,28,30,31);1H3,(H,3,4). The van der Waals surface area contributed by atoms with Gasteiger partial charge in [0.2, 0.25) is 0 Å². The van der Waals surface area contributed by atoms with Gasteiger partial charge in [0.05, 0.1) is 42.2 Å². The Kier molecular flexibility index (Phi) is 8.73. The van der Waals surface area contributed by atoms with Gasteiger partial charge in [-0.25, -0.2) is 14.6 Å². The maximum absolute atomic E-state index is 13.1. The average molecular weight is 623 g/mol. The van der Waals surface area contributed by atoms with Crippen LogP contribution in [0.5, 0.6) is 5.75 Å². The molecular weight excluding hydrogens is 588 g/mol. The molecule has 0 bridgehead atoms. The predicted octanol–water partition coefficient (Wildman–Crippen LogP) is 2.21. The number of carboxylic acids is 1. The van der Waals surface area contributed by atoms with Crippen molar-refractivity contribution in [1.29, 1.82) is 0 Å². The van der Waals surface area contributed by atoms with Crippen molar-refractivity contribution in [2.45, 2.75) is 30.7 Å². The van der Waals surface area contributed by atoms with Crippen LogP contribution in [0.1, 0.15) is 36.3 Å². The van der Waals surface area contributed by atoms with E-state index in [0.29, 0.717) is 55.5 Å². The fourth-order valence-electron chi connectivity index (χ4n) is 5.21. The molecule has 232 valence electrons. The summed E-state index contributed by atoms with van der Waals surface area (Å²) in [6.07, 6.45) is 4.81. The summed E-state index contributed by atoms with van der Waals surface area (Å²) in [7, 11) is -1.33. The summed E-state index contributed by atoms with van der Waals surface area (Å²) in [6, 6.07) is 12.4. The van der Waals surface area contributed by atoms with Crippen molar-refractivity contribution in [3.8, 4) is 17.0 Å². The first kappa shape index (κ1) is 30.7. The van der Waals surface area contributed by atoms with Crippen molar-refractivity contribution < 1.29 is 33.9 Å². The van der Waals surface area contributed by atoms with E-state index in [1.54, 1.807) is 30.3 Å². The minimum Gasteiger partial charge on any atom is -0.550 e. The third kappa shape index (κ3) is 6.45. The van der Waals surface area contributed by atoms with Crippen LogP contribution >= 0.6 is 10.6 Å². The van der Waals surface area contributed by atoms with Crippen LogP contribution in [0.15, 0.2) is 53.7 Å². The van der Waals surface area contributed by atoms with Gasteiger partial charge in [-0.1, -0.05) is 6.07 Å². The molecule has 1 amide bonds. The molecule has 1 fully saturated rings. The summed E-state index contributed by atoms with van der Waals surface area (Å²) < 4.78 is 27.6. The number of nitrogens with zero attached hydrogens (tertiary/aromatic N) is 4. The highest BCUT2D eigenvalue weighted by Crippen LogP contribution is 2.45. The number of rotatable bonds is 6. The number of carboxylic acid groups (broad SMARTS) is 1. The van der Waals surface area contributed by atoms with Crippen LogP contribution in [0, 0.1) is 0 Å². The molecule has 0 unspecified atom stereocenters. The van der Waals surface area contributed by atoms with Gasteiger partial charge in [-0.3, -0.25) is 13.9 Å². The van der Waals surface area contributed by atoms with Crippen LogP contribution in [-0.2, 0) is 4.79 Å². The molecule has 44 heavy (non-hydrogen) atoms. The van der Waals surface area contributed by atoms with Crippen molar-refractivity contribution in [2.75, 3.05) is 37.5 Å². The van der Waals surface area contributed by atoms with E-state index >= 15 is 0 Å². The lowest BCUT2D eigenvalue weighted by atomic mass is 10.1. The third-order valence-electron chi connectivity index (χ3n) is 7.28. The number of nitrogens with two attached hydrogens (primary N) is 2. The number of methoxy groups -OCH3 is 1. The number of amides is 1. The Morgan fingerprint density at radius 3 is 2.57 bits per heavy atom. The van der Waals surface area contributed by atoms with Crippen LogP contribution in [-0.4, -0.2) is 72.2 Å². The fraction of sp³-hybridized carbons (Fsp3) is 0.276. The molecule has 14 nitrogen and oxygen atoms in total. The van der Waals surface area contributed by atoms with E-state index < -0.39 is 16.6 Å². The van der Waals surface area contributed by atoms with Gasteiger partial charge in [0.15, 0.2) is 5.65 Å². The molecule has 0 spiro atoms. The topological polar surface area (TPSA) is 221 Å². The number of nitrogens with one attached hydrogen (secondary N) is 2. The zero-order valence-electron chi connectivity index (χ0n) is 24.4. The number of aliphatic carboxylic acids is 1. The largest absolute Gasteiger partial charge is 0.550 e. The Bertz CT molecular complexity index is 1840. The predicted molar refractivity (Wildman–Crippen MR) is 166 cm³/mol. The first-order chi connectivity index (χ1) is 21.0. The van der Waals surface area contributed by atoms with E-state index in [0.717, 1.165) is 38.4 Å². The van der Waals surface area contributed by atoms with Crippen molar-refractivity contribution in [3.63, 3.8) is 0 Å². The van der Waals surface area contributed by atoms with Crippen LogP contribution < -0.4 is 26.2 Å². The molecule has 5 aromatic rings. The van der Waals surface area contributed by atoms with E-state index in [1.165, 1.54) is 19.7 Å². The summed E-state index contributed by atoms with van der Waals surface area (Å²) in [5.74, 6) is -0.640. The lowest BCUT2D eigenvalue weighted by Crippen LogP contribution is -2.86. The fourth-order valence-corrected chi connectivity index (χ4v) is 5.89. The Balaban J connectivity index is 0.000000906. The molecule has 8 N–H and O–H groups in total. The number of carbonyl (C=O) groups is 2. The molecule has 0 atom stereocenters. The molecule has 0 radical (unpaired) electrons. The Hall–Kier alpha value is -4.70. The number of aromatic amines is 1. The first-order valence-electron chi connectivity index (χ1n) is 13.8. The van der Waals surface area contributed by atoms with Crippen LogP contribution in [0.3, 0.4) is 0 Å². The Labute approximate surface area is 254 Å². The van der Waals surface area contributed by atoms with Crippen molar-refractivity contribution in [2.24, 2.45) is 0 Å². The van der Waals surface area contributed by atoms with E-state index in [9.17, 15) is 13.9 Å². The Morgan fingerprint density at radius 2 is 1.89 bits per heavy atom. The number of carbonyl (C=O) groups excluding carboxylic acids is 2. The highest BCUT2D eigenvalue weighted by atomic mass is 32.3. The highest BCUT2D eigenvalue weighted by molar-refractivity contribution is 8.23. The summed E-state index contributed by atoms with van der Waals surface area (Å²) in [4.78, 5) is 34.2. The van der Waals surface area contributed by atoms with Gasteiger partial charge in [0.1, 0.15) is 29.3 Å². The molecule has 0 saturated carbocycles. The van der Waals surface area contributed by atoms with E-state index in [2.05, 4.69) is 25.6 Å². The Morgan fingerprint density at radius 1 is 1.16 bits per heavy atom. The monoisotopic (exact) mass is 622 g/mol. The van der Waals surface area contributed by atoms with E-state index in [-0.39, 0.29) is 11.9 Å². The second-order valence-electron chi connectivity index (χ2n) is 10.5. The maximum atomic E-state index is 13.1. The quantitative estimate of drug-likeness (QED) is 0.162. The average Bonchev–Trinajstić information content (AvgIpc) is 3.60. The van der Waals surface area contributed by atoms with Gasteiger partial charge in [-0.05, 0) is 43.3 Å². The summed E-state index contributed by atoms with van der Waals surface area (Å²) in [6.45, 7) is 3.04. The molecule has 3 aromatic heterocycles. The van der Waals surface area contributed by atoms with Gasteiger partial charge in [-0.2, -0.15) is 15.7 Å². The number of hydrogen-bond donors (Lipinski definition) is 6. The molecular formula is C29H34N8O6S. The number of benzene rings is 2. The summed E-state index contributed by atoms with van der Waals surface area (Å²) >= 11 is 0. The number of fused-ring (bicyclic) bond motifs is 2. The van der Waals surface area contributed by atoms with Gasteiger partial charge in [0.25, 0.3) is 5.91 Å². The van der Waals surface area contributed by atoms with Gasteiger partial charge in [0, 0.05) is 41.5 Å². The molecule has 1 aliphatic heterocycles. The maximum Gasteiger partial charge on any atom is 0.272 e. The minimum absolute atomic E-state index is 0.230. The number of ether oxygens (including phenoxy) is 1. The SMILES string of the molecule is CC(=O)[O-].COc1cc(-c2nn(C3CC[NH2+]CC3)c3ncnc(N)c23)ccc1NC(=O)c1cc2cc(S(C)(O)O)ccc2[nH]1. The number of quaternary nitrogens is 1. The number of piperidine rings is 1. The first-order valence-corrected chi connectivity index (χ1v) is 15.8. The van der Waals surface area contributed by atoms with Gasteiger partial charge < -0.3 is 36.0 Å². The van der Waals surface area contributed by atoms with E-state index in [4.69, 9.17) is 25.5 Å². The number of nitrogen functional groups attached to an aromatic ring is 1. The number of anilines is 2. The molecule has 15 heteroatoms. The second kappa shape index (κ2) is 12.5. The molecule has 6 rings (SSSR count). The number of hydrogen-bond acceptors (Lipinski definition) is 10. The van der Waals surface area contributed by atoms with Crippen molar-refractivity contribution in [3.05, 3.63) is 54.5 Å². The molecule has 1 aliphatic rings. The third-order valence-corrected chi connectivity index (χ3v) is 8.43. The lowest BCUT2D eigenvalue weighted by molar-refractivity contribution is -0.664. The summed E-state index contributed by atoms with van der Waals surface area (Å²) in [5.41, 5.74) is 9.94. The van der Waals surface area contributed by atoms with Crippen LogP contribution in [0.4, 0.5) is 11.5 Å². The zero-order chi connectivity index (χ0) is 31.6. The van der Waals surface area contributed by atoms with Crippen LogP contribution in [0.2, 0.25) is 0 Å². The molecule has 2 aromatic carbocycles. The van der Waals surface area contributed by atoms with Crippen molar-refractivity contribution >= 4 is 55.9 Å². The summed E-state index contributed by atoms with van der Waals surface area (Å²) in [5, 5.41) is 20.4. The molecule has 0 aliphatic carbocycles. The zero-order valence-corrected chi connectivity index (χ0v) is 25.2.